The normalized spacial score (nSPS) is 13.9. The third-order valence-corrected chi connectivity index (χ3v) is 14.5. The molecule has 0 saturated heterocycles. The van der Waals surface area contributed by atoms with Gasteiger partial charge in [-0.05, 0) is 135 Å². The summed E-state index contributed by atoms with van der Waals surface area (Å²) in [6, 6.07) is 39.0. The van der Waals surface area contributed by atoms with E-state index in [4.69, 9.17) is 0 Å². The summed E-state index contributed by atoms with van der Waals surface area (Å²) >= 11 is 0. The zero-order valence-electron chi connectivity index (χ0n) is 40.6. The number of carbonyl (C=O) groups excluding carboxylic acids is 4. The molecule has 0 unspecified atom stereocenters. The Hall–Kier alpha value is -8.02. The van der Waals surface area contributed by atoms with Crippen molar-refractivity contribution in [3.8, 4) is 45.5 Å². The van der Waals surface area contributed by atoms with E-state index in [1.165, 1.54) is 9.80 Å². The lowest BCUT2D eigenvalue weighted by atomic mass is 9.79. The fourth-order valence-electron chi connectivity index (χ4n) is 11.8. The summed E-state index contributed by atoms with van der Waals surface area (Å²) in [5.41, 5.74) is 8.93. The highest BCUT2D eigenvalue weighted by Crippen LogP contribution is 2.48. The van der Waals surface area contributed by atoms with Crippen molar-refractivity contribution in [2.75, 3.05) is 0 Å². The number of amides is 4. The predicted octanol–water partition coefficient (Wildman–Crippen LogP) is 13.5. The lowest BCUT2D eigenvalue weighted by Crippen LogP contribution is -2.51. The van der Waals surface area contributed by atoms with Gasteiger partial charge in [-0.2, -0.15) is 0 Å². The second-order valence-corrected chi connectivity index (χ2v) is 20.3. The van der Waals surface area contributed by atoms with Crippen LogP contribution in [0.5, 0.6) is 0 Å². The molecule has 8 nitrogen and oxygen atoms in total. The Labute approximate surface area is 407 Å². The fraction of sp³-hybridized carbons (Fsp3) is 0.226. The van der Waals surface area contributed by atoms with E-state index >= 15 is 4.79 Å². The Kier molecular flexibility index (Phi) is 10.7. The van der Waals surface area contributed by atoms with E-state index in [2.05, 4.69) is 108 Å². The number of rotatable bonds is 9. The standard InChI is InChI=1S/C62H52N4O4/c1-33(2)57(34(3)4)65-59(67)46-24-21-43-44-22-25-48-55-49(62(70)66(61(48)69)58(35(5)6)36(7)8)32-39(52(56(44)55)45-23-26-47(60(65)68)54(46)53(43)45)20-17-37-15-18-38(19-16-37)40-29-41(50-13-9-11-27-63-50)31-42(30-40)51-14-10-12-28-64-51/h9-16,18-19,21-36,57-58H,1-8H3. The quantitative estimate of drug-likeness (QED) is 0.0619. The average molecular weight is 917 g/mol. The molecule has 344 valence electrons. The van der Waals surface area contributed by atoms with Crippen LogP contribution >= 0.6 is 0 Å². The fourth-order valence-corrected chi connectivity index (χ4v) is 11.8. The van der Waals surface area contributed by atoms with Crippen LogP contribution in [0.1, 0.15) is 108 Å². The maximum atomic E-state index is 15.0. The lowest BCUT2D eigenvalue weighted by Gasteiger charge is -2.39. The highest BCUT2D eigenvalue weighted by molar-refractivity contribution is 6.42. The van der Waals surface area contributed by atoms with Gasteiger partial charge in [-0.25, -0.2) is 0 Å². The van der Waals surface area contributed by atoms with Crippen LogP contribution in [0.2, 0.25) is 0 Å². The monoisotopic (exact) mass is 916 g/mol. The smallest absolute Gasteiger partial charge is 0.261 e. The van der Waals surface area contributed by atoms with Gasteiger partial charge in [0.1, 0.15) is 0 Å². The van der Waals surface area contributed by atoms with Crippen molar-refractivity contribution in [2.24, 2.45) is 23.7 Å². The van der Waals surface area contributed by atoms with Gasteiger partial charge < -0.3 is 0 Å². The van der Waals surface area contributed by atoms with E-state index in [1.807, 2.05) is 91.0 Å². The maximum absolute atomic E-state index is 15.0. The number of hydrogen-bond acceptors (Lipinski definition) is 6. The summed E-state index contributed by atoms with van der Waals surface area (Å²) in [7, 11) is 0. The minimum atomic E-state index is -0.337. The molecule has 11 rings (SSSR count). The number of fused-ring (bicyclic) bond motifs is 2. The maximum Gasteiger partial charge on any atom is 0.261 e. The van der Waals surface area contributed by atoms with Gasteiger partial charge in [0.2, 0.25) is 0 Å². The minimum Gasteiger partial charge on any atom is -0.271 e. The van der Waals surface area contributed by atoms with Crippen molar-refractivity contribution in [1.29, 1.82) is 0 Å². The van der Waals surface area contributed by atoms with E-state index < -0.39 is 0 Å². The Balaban J connectivity index is 1.11. The molecule has 0 spiro atoms. The van der Waals surface area contributed by atoms with Gasteiger partial charge in [-0.1, -0.05) is 110 Å². The van der Waals surface area contributed by atoms with Crippen molar-refractivity contribution in [3.63, 3.8) is 0 Å². The van der Waals surface area contributed by atoms with Crippen LogP contribution in [-0.2, 0) is 0 Å². The molecular formula is C62H52N4O4. The number of pyridine rings is 2. The van der Waals surface area contributed by atoms with Crippen molar-refractivity contribution in [3.05, 3.63) is 167 Å². The van der Waals surface area contributed by atoms with Crippen LogP contribution in [0.15, 0.2) is 134 Å². The number of aromatic nitrogens is 2. The molecule has 0 fully saturated rings. The lowest BCUT2D eigenvalue weighted by molar-refractivity contribution is 0.0423. The topological polar surface area (TPSA) is 101 Å². The van der Waals surface area contributed by atoms with Crippen molar-refractivity contribution < 1.29 is 19.2 Å². The second kappa shape index (κ2) is 16.9. The molecule has 0 bridgehead atoms. The predicted molar refractivity (Wildman–Crippen MR) is 280 cm³/mol. The van der Waals surface area contributed by atoms with Crippen LogP contribution in [0.4, 0.5) is 0 Å². The molecule has 0 saturated carbocycles. The summed E-state index contributed by atoms with van der Waals surface area (Å²) in [6.45, 7) is 16.4. The molecule has 8 heteroatoms. The highest BCUT2D eigenvalue weighted by atomic mass is 16.2. The Morgan fingerprint density at radius 2 is 0.829 bits per heavy atom. The van der Waals surface area contributed by atoms with Crippen LogP contribution in [0.25, 0.3) is 76.7 Å². The number of benzene rings is 7. The molecule has 70 heavy (non-hydrogen) atoms. The van der Waals surface area contributed by atoms with Crippen LogP contribution in [-0.4, -0.2) is 55.5 Å². The van der Waals surface area contributed by atoms with E-state index in [-0.39, 0.29) is 59.4 Å². The highest BCUT2D eigenvalue weighted by Gasteiger charge is 2.43. The first-order valence-electron chi connectivity index (χ1n) is 24.3. The largest absolute Gasteiger partial charge is 0.271 e. The Bertz CT molecular complexity index is 3620. The molecule has 0 aliphatic carbocycles. The molecule has 0 atom stereocenters. The Morgan fingerprint density at radius 1 is 0.386 bits per heavy atom. The third-order valence-electron chi connectivity index (χ3n) is 14.5. The summed E-state index contributed by atoms with van der Waals surface area (Å²) in [6.07, 6.45) is 3.59. The van der Waals surface area contributed by atoms with E-state index in [0.29, 0.717) is 38.6 Å². The van der Waals surface area contributed by atoms with Gasteiger partial charge >= 0.3 is 0 Å². The van der Waals surface area contributed by atoms with Crippen molar-refractivity contribution in [2.45, 2.75) is 67.5 Å². The van der Waals surface area contributed by atoms with Crippen molar-refractivity contribution in [1.82, 2.24) is 19.8 Å². The SMILES string of the molecule is CC(C)C(C(C)C)N1C(=O)c2ccc3c4ccc5c6c(cc(C#Cc7ccc(-c8cc(-c9ccccn9)cc(-c9ccccn9)c8)cc7)c(c7ccc(c2c37)C1=O)c64)C(=O)N(C(C(C)C)C(C)C)C5=O. The molecule has 2 aliphatic heterocycles. The summed E-state index contributed by atoms with van der Waals surface area (Å²) in [5, 5.41) is 6.00. The van der Waals surface area contributed by atoms with E-state index in [9.17, 15) is 14.4 Å². The van der Waals surface area contributed by atoms with Crippen LogP contribution in [0.3, 0.4) is 0 Å². The number of carbonyl (C=O) groups is 4. The summed E-state index contributed by atoms with van der Waals surface area (Å²) < 4.78 is 0. The first kappa shape index (κ1) is 44.5. The first-order valence-corrected chi connectivity index (χ1v) is 24.3. The zero-order valence-corrected chi connectivity index (χ0v) is 40.6. The first-order chi connectivity index (χ1) is 33.7. The molecule has 7 aromatic carbocycles. The van der Waals surface area contributed by atoms with Gasteiger partial charge in [0.05, 0.1) is 11.4 Å². The van der Waals surface area contributed by atoms with Gasteiger partial charge in [0.25, 0.3) is 23.6 Å². The number of imide groups is 2. The number of hydrogen-bond donors (Lipinski definition) is 0. The molecule has 0 N–H and O–H groups in total. The molecule has 9 aromatic rings. The molecule has 4 heterocycles. The van der Waals surface area contributed by atoms with Gasteiger partial charge in [0, 0.05) is 90.5 Å². The van der Waals surface area contributed by atoms with Crippen molar-refractivity contribution >= 4 is 66.7 Å². The molecule has 4 amide bonds. The molecule has 2 aliphatic rings. The van der Waals surface area contributed by atoms with E-state index in [0.717, 1.165) is 71.5 Å². The van der Waals surface area contributed by atoms with Gasteiger partial charge in [-0.3, -0.25) is 38.9 Å². The average Bonchev–Trinajstić information content (AvgIpc) is 3.36. The second-order valence-electron chi connectivity index (χ2n) is 20.3. The zero-order chi connectivity index (χ0) is 48.9. The molecule has 0 radical (unpaired) electrons. The molecule has 2 aromatic heterocycles. The van der Waals surface area contributed by atoms with E-state index in [1.54, 1.807) is 12.4 Å². The van der Waals surface area contributed by atoms with Crippen LogP contribution in [0, 0.1) is 35.5 Å². The molecular weight excluding hydrogens is 865 g/mol. The van der Waals surface area contributed by atoms with Gasteiger partial charge in [-0.15, -0.1) is 0 Å². The Morgan fingerprint density at radius 3 is 1.30 bits per heavy atom. The number of nitrogens with zero attached hydrogens (tertiary/aromatic N) is 4. The minimum absolute atomic E-state index is 0.0211. The summed E-state index contributed by atoms with van der Waals surface area (Å²) in [4.78, 5) is 71.2. The summed E-state index contributed by atoms with van der Waals surface area (Å²) in [5.74, 6) is 5.88. The van der Waals surface area contributed by atoms with Crippen LogP contribution < -0.4 is 0 Å². The third kappa shape index (κ3) is 6.89. The van der Waals surface area contributed by atoms with Gasteiger partial charge in [0.15, 0.2) is 0 Å².